The second kappa shape index (κ2) is 11.3. The third-order valence-electron chi connectivity index (χ3n) is 7.26. The lowest BCUT2D eigenvalue weighted by Crippen LogP contribution is -2.46. The average molecular weight is 594 g/mol. The molecular formula is C29H32F4N3O2PS. The summed E-state index contributed by atoms with van der Waals surface area (Å²) in [6.07, 6.45) is -5.28. The van der Waals surface area contributed by atoms with Crippen LogP contribution in [0.15, 0.2) is 30.3 Å². The van der Waals surface area contributed by atoms with Crippen molar-refractivity contribution in [2.45, 2.75) is 37.7 Å². The highest BCUT2D eigenvalue weighted by Crippen LogP contribution is 2.43. The molecule has 11 heteroatoms. The van der Waals surface area contributed by atoms with Crippen LogP contribution in [0.3, 0.4) is 0 Å². The third-order valence-corrected chi connectivity index (χ3v) is 10.0. The number of ether oxygens (including phenoxy) is 1. The van der Waals surface area contributed by atoms with Gasteiger partial charge >= 0.3 is 6.18 Å². The molecule has 0 radical (unpaired) electrons. The SMILES string of the molecule is CN1CCC(Nc2cccc3c(CC(F)(F)F)c(C#CCNc4ccc(P(C)(C)=O)c5c4OCC5)sc23)C(F)C1. The monoisotopic (exact) mass is 593 g/mol. The van der Waals surface area contributed by atoms with Gasteiger partial charge in [-0.3, -0.25) is 0 Å². The molecule has 40 heavy (non-hydrogen) atoms. The molecule has 2 aliphatic rings. The number of thiophene rings is 1. The van der Waals surface area contributed by atoms with E-state index in [-0.39, 0.29) is 12.1 Å². The summed E-state index contributed by atoms with van der Waals surface area (Å²) in [5.41, 5.74) is 2.42. The van der Waals surface area contributed by atoms with E-state index in [1.54, 1.807) is 31.5 Å². The molecule has 3 aromatic rings. The van der Waals surface area contributed by atoms with Crippen molar-refractivity contribution in [1.82, 2.24) is 4.90 Å². The quantitative estimate of drug-likeness (QED) is 0.205. The lowest BCUT2D eigenvalue weighted by Gasteiger charge is -2.33. The number of benzene rings is 2. The first-order valence-corrected chi connectivity index (χ1v) is 16.6. The highest BCUT2D eigenvalue weighted by molar-refractivity contribution is 7.70. The van der Waals surface area contributed by atoms with Crippen molar-refractivity contribution in [3.8, 4) is 17.6 Å². The minimum Gasteiger partial charge on any atom is -0.491 e. The van der Waals surface area contributed by atoms with Crippen LogP contribution in [0.4, 0.5) is 28.9 Å². The van der Waals surface area contributed by atoms with Crippen molar-refractivity contribution < 1.29 is 26.9 Å². The number of fused-ring (bicyclic) bond motifs is 2. The molecule has 0 spiro atoms. The smallest absolute Gasteiger partial charge is 0.393 e. The van der Waals surface area contributed by atoms with E-state index in [0.29, 0.717) is 52.4 Å². The van der Waals surface area contributed by atoms with Gasteiger partial charge < -0.3 is 24.8 Å². The Balaban J connectivity index is 1.41. The lowest BCUT2D eigenvalue weighted by atomic mass is 10.0. The maximum Gasteiger partial charge on any atom is 0.393 e. The van der Waals surface area contributed by atoms with Crippen LogP contribution < -0.4 is 20.7 Å². The molecule has 2 aromatic carbocycles. The van der Waals surface area contributed by atoms with Crippen LogP contribution in [0, 0.1) is 11.8 Å². The van der Waals surface area contributed by atoms with E-state index in [9.17, 15) is 22.1 Å². The first kappa shape index (κ1) is 28.8. The van der Waals surface area contributed by atoms with E-state index in [1.807, 2.05) is 24.1 Å². The zero-order chi connectivity index (χ0) is 28.7. The summed E-state index contributed by atoms with van der Waals surface area (Å²) < 4.78 is 74.6. The van der Waals surface area contributed by atoms with Crippen LogP contribution in [-0.2, 0) is 17.4 Å². The van der Waals surface area contributed by atoms with E-state index < -0.39 is 32.0 Å². The lowest BCUT2D eigenvalue weighted by molar-refractivity contribution is -0.126. The number of alkyl halides is 4. The molecule has 0 amide bonds. The molecule has 0 aliphatic carbocycles. The zero-order valence-electron chi connectivity index (χ0n) is 22.6. The number of hydrogen-bond acceptors (Lipinski definition) is 6. The Labute approximate surface area is 235 Å². The second-order valence-corrected chi connectivity index (χ2v) is 15.0. The highest BCUT2D eigenvalue weighted by atomic mass is 32.1. The van der Waals surface area contributed by atoms with Crippen molar-refractivity contribution in [3.05, 3.63) is 46.3 Å². The fraction of sp³-hybridized carbons (Fsp3) is 0.448. The zero-order valence-corrected chi connectivity index (χ0v) is 24.3. The molecular weight excluding hydrogens is 561 g/mol. The highest BCUT2D eigenvalue weighted by Gasteiger charge is 2.32. The summed E-state index contributed by atoms with van der Waals surface area (Å²) in [6.45, 7) is 5.21. The normalized spacial score (nSPS) is 19.6. The fourth-order valence-electron chi connectivity index (χ4n) is 5.37. The van der Waals surface area contributed by atoms with E-state index in [2.05, 4.69) is 22.5 Å². The molecule has 214 valence electrons. The van der Waals surface area contributed by atoms with Crippen molar-refractivity contribution in [3.63, 3.8) is 0 Å². The van der Waals surface area contributed by atoms with Gasteiger partial charge in [0.1, 0.15) is 19.1 Å². The Kier molecular flexibility index (Phi) is 8.11. The van der Waals surface area contributed by atoms with Gasteiger partial charge in [-0.1, -0.05) is 24.0 Å². The molecule has 2 N–H and O–H groups in total. The topological polar surface area (TPSA) is 53.6 Å². The van der Waals surface area contributed by atoms with Crippen molar-refractivity contribution in [2.24, 2.45) is 0 Å². The largest absolute Gasteiger partial charge is 0.491 e. The molecule has 5 nitrogen and oxygen atoms in total. The van der Waals surface area contributed by atoms with Gasteiger partial charge in [-0.05, 0) is 55.9 Å². The molecule has 1 aromatic heterocycles. The van der Waals surface area contributed by atoms with Crippen LogP contribution in [0.1, 0.15) is 22.4 Å². The molecule has 0 saturated carbocycles. The molecule has 3 heterocycles. The van der Waals surface area contributed by atoms with E-state index in [4.69, 9.17) is 4.74 Å². The van der Waals surface area contributed by atoms with Gasteiger partial charge in [-0.15, -0.1) is 11.3 Å². The van der Waals surface area contributed by atoms with E-state index in [0.717, 1.165) is 23.1 Å². The fourth-order valence-corrected chi connectivity index (χ4v) is 7.83. The summed E-state index contributed by atoms with van der Waals surface area (Å²) in [5.74, 6) is 6.59. The predicted octanol–water partition coefficient (Wildman–Crippen LogP) is 6.11. The Bertz CT molecular complexity index is 1520. The molecule has 2 atom stereocenters. The third kappa shape index (κ3) is 6.27. The number of nitrogens with zero attached hydrogens (tertiary/aromatic N) is 1. The first-order valence-electron chi connectivity index (χ1n) is 13.2. The van der Waals surface area contributed by atoms with Crippen molar-refractivity contribution in [2.75, 3.05) is 57.3 Å². The van der Waals surface area contributed by atoms with Gasteiger partial charge in [0.2, 0.25) is 0 Å². The van der Waals surface area contributed by atoms with Crippen molar-refractivity contribution >= 4 is 45.2 Å². The number of rotatable bonds is 6. The van der Waals surface area contributed by atoms with E-state index >= 15 is 0 Å². The molecule has 2 unspecified atom stereocenters. The number of anilines is 2. The number of hydrogen-bond donors (Lipinski definition) is 2. The van der Waals surface area contributed by atoms with Gasteiger partial charge in [0.15, 0.2) is 0 Å². The number of piperidine rings is 1. The van der Waals surface area contributed by atoms with Crippen molar-refractivity contribution in [1.29, 1.82) is 0 Å². The summed E-state index contributed by atoms with van der Waals surface area (Å²) >= 11 is 1.20. The standard InChI is InChI=1S/C29H32F4N3O2PS/c1-36-14-11-22(21(30)17-36)35-24-7-4-6-18-20(16-29(31,32)33)26(40-28(18)24)8-5-13-34-23-9-10-25(39(2,3)37)19-12-15-38-27(19)23/h4,6-7,9-10,21-22,34-35H,11-17H2,1-3H3. The van der Waals surface area contributed by atoms with Crippen LogP contribution in [0.2, 0.25) is 0 Å². The average Bonchev–Trinajstić information content (AvgIpc) is 3.48. The van der Waals surface area contributed by atoms with Gasteiger partial charge in [-0.25, -0.2) is 4.39 Å². The summed E-state index contributed by atoms with van der Waals surface area (Å²) in [4.78, 5) is 2.27. The van der Waals surface area contributed by atoms with Gasteiger partial charge in [-0.2, -0.15) is 13.2 Å². The molecule has 5 rings (SSSR count). The Morgan fingerprint density at radius 1 is 1.20 bits per heavy atom. The first-order chi connectivity index (χ1) is 18.9. The molecule has 1 saturated heterocycles. The summed E-state index contributed by atoms with van der Waals surface area (Å²) in [5, 5.41) is 7.76. The van der Waals surface area contributed by atoms with Crippen LogP contribution >= 0.6 is 18.5 Å². The maximum atomic E-state index is 14.7. The number of likely N-dealkylation sites (tertiary alicyclic amines) is 1. The number of halogens is 4. The van der Waals surface area contributed by atoms with Crippen LogP contribution in [-0.4, -0.2) is 69.9 Å². The molecule has 0 bridgehead atoms. The van der Waals surface area contributed by atoms with Crippen LogP contribution in [0.5, 0.6) is 5.75 Å². The number of nitrogens with one attached hydrogen (secondary N) is 2. The van der Waals surface area contributed by atoms with Gasteiger partial charge in [0, 0.05) is 30.4 Å². The van der Waals surface area contributed by atoms with E-state index in [1.165, 1.54) is 11.3 Å². The predicted molar refractivity (Wildman–Crippen MR) is 156 cm³/mol. The molecule has 2 aliphatic heterocycles. The maximum absolute atomic E-state index is 14.7. The van der Waals surface area contributed by atoms with Gasteiger partial charge in [0.25, 0.3) is 0 Å². The Hall–Kier alpha value is -2.73. The Morgan fingerprint density at radius 3 is 2.73 bits per heavy atom. The molecule has 1 fully saturated rings. The van der Waals surface area contributed by atoms with Crippen LogP contribution in [0.25, 0.3) is 10.1 Å². The summed E-state index contributed by atoms with van der Waals surface area (Å²) in [6, 6.07) is 8.42. The summed E-state index contributed by atoms with van der Waals surface area (Å²) in [7, 11) is -0.594. The minimum atomic E-state index is -4.40. The minimum absolute atomic E-state index is 0.138. The second-order valence-electron chi connectivity index (χ2n) is 10.7. The van der Waals surface area contributed by atoms with Gasteiger partial charge in [0.05, 0.1) is 46.6 Å². The Morgan fingerprint density at radius 2 is 2.00 bits per heavy atom.